The summed E-state index contributed by atoms with van der Waals surface area (Å²) < 4.78 is 0. The second kappa shape index (κ2) is 5.99. The summed E-state index contributed by atoms with van der Waals surface area (Å²) in [6, 6.07) is -0.499. The molecule has 2 N–H and O–H groups in total. The number of rotatable bonds is 3. The van der Waals surface area contributed by atoms with Gasteiger partial charge in [-0.1, -0.05) is 18.7 Å². The second-order valence-electron chi connectivity index (χ2n) is 5.27. The number of piperazine rings is 1. The number of aromatic nitrogens is 1. The number of aromatic amines is 1. The molecular formula is C16H21N3O2. The van der Waals surface area contributed by atoms with Crippen LogP contribution in [0.3, 0.4) is 0 Å². The molecule has 0 spiro atoms. The van der Waals surface area contributed by atoms with Crippen molar-refractivity contribution in [3.63, 3.8) is 0 Å². The number of likely N-dealkylation sites (N-methyl/N-ethyl adjacent to an activating group) is 1. The zero-order chi connectivity index (χ0) is 15.6. The van der Waals surface area contributed by atoms with Crippen molar-refractivity contribution in [1.82, 2.24) is 15.2 Å². The normalized spacial score (nSPS) is 20.9. The first-order valence-corrected chi connectivity index (χ1v) is 6.98. The first-order valence-electron chi connectivity index (χ1n) is 6.98. The Kier molecular flexibility index (Phi) is 4.31. The van der Waals surface area contributed by atoms with Gasteiger partial charge in [-0.25, -0.2) is 0 Å². The molecule has 0 radical (unpaired) electrons. The first kappa shape index (κ1) is 15.1. The van der Waals surface area contributed by atoms with Gasteiger partial charge in [0.05, 0.1) is 6.54 Å². The number of carbonyl (C=O) groups excluding carboxylic acids is 2. The lowest BCUT2D eigenvalue weighted by Gasteiger charge is -2.29. The van der Waals surface area contributed by atoms with Crippen molar-refractivity contribution in [3.05, 3.63) is 34.5 Å². The molecule has 2 amide bonds. The van der Waals surface area contributed by atoms with Crippen molar-refractivity contribution in [3.8, 4) is 0 Å². The quantitative estimate of drug-likeness (QED) is 0.794. The van der Waals surface area contributed by atoms with E-state index in [-0.39, 0.29) is 18.4 Å². The second-order valence-corrected chi connectivity index (χ2v) is 5.27. The summed E-state index contributed by atoms with van der Waals surface area (Å²) in [6.07, 6.45) is 6.12. The maximum absolute atomic E-state index is 12.2. The van der Waals surface area contributed by atoms with Gasteiger partial charge in [0, 0.05) is 24.5 Å². The van der Waals surface area contributed by atoms with Crippen molar-refractivity contribution in [2.45, 2.75) is 26.3 Å². The van der Waals surface area contributed by atoms with Crippen LogP contribution in [0.1, 0.15) is 18.2 Å². The van der Waals surface area contributed by atoms with Crippen LogP contribution in [0.15, 0.2) is 12.7 Å². The van der Waals surface area contributed by atoms with Gasteiger partial charge < -0.3 is 15.2 Å². The molecule has 2 heterocycles. The molecule has 1 aromatic heterocycles. The molecule has 0 saturated carbocycles. The van der Waals surface area contributed by atoms with Crippen molar-refractivity contribution in [1.29, 1.82) is 0 Å². The maximum atomic E-state index is 12.2. The van der Waals surface area contributed by atoms with Gasteiger partial charge in [0.1, 0.15) is 6.04 Å². The summed E-state index contributed by atoms with van der Waals surface area (Å²) in [7, 11) is 1.65. The van der Waals surface area contributed by atoms with Gasteiger partial charge >= 0.3 is 0 Å². The van der Waals surface area contributed by atoms with Crippen molar-refractivity contribution in [2.24, 2.45) is 0 Å². The van der Waals surface area contributed by atoms with Crippen LogP contribution in [0.4, 0.5) is 0 Å². The van der Waals surface area contributed by atoms with Crippen LogP contribution in [0.5, 0.6) is 0 Å². The van der Waals surface area contributed by atoms with Crippen LogP contribution >= 0.6 is 0 Å². The fraction of sp³-hybridized carbons (Fsp3) is 0.375. The van der Waals surface area contributed by atoms with Crippen LogP contribution in [-0.4, -0.2) is 41.3 Å². The summed E-state index contributed by atoms with van der Waals surface area (Å²) in [6.45, 7) is 7.77. The van der Waals surface area contributed by atoms with Crippen molar-refractivity contribution < 1.29 is 9.59 Å². The van der Waals surface area contributed by atoms with Gasteiger partial charge in [-0.3, -0.25) is 9.59 Å². The first-order chi connectivity index (χ1) is 9.97. The van der Waals surface area contributed by atoms with Gasteiger partial charge in [0.2, 0.25) is 11.8 Å². The van der Waals surface area contributed by atoms with Crippen LogP contribution in [0.25, 0.3) is 12.2 Å². The molecule has 2 rings (SSSR count). The third-order valence-electron chi connectivity index (χ3n) is 3.76. The molecule has 0 bridgehead atoms. The number of H-pyrrole nitrogens is 1. The van der Waals surface area contributed by atoms with E-state index in [1.807, 2.05) is 26.0 Å². The largest absolute Gasteiger partial charge is 0.358 e. The standard InChI is InChI=1S/C16H21N3O2/c1-5-7-13-11(6-2)12(10(3)17-13)8-14-16(21)19(4)9-15(20)18-14/h5-7,14,17H,1,8-9H2,2-4H3,(H,18,20)/b11-6-,13-7+. The number of nitrogens with one attached hydrogen (secondary N) is 2. The molecule has 21 heavy (non-hydrogen) atoms. The van der Waals surface area contributed by atoms with Gasteiger partial charge in [0.25, 0.3) is 0 Å². The van der Waals surface area contributed by atoms with Crippen LogP contribution in [0.2, 0.25) is 0 Å². The molecule has 1 aliphatic rings. The Morgan fingerprint density at radius 2 is 2.14 bits per heavy atom. The zero-order valence-electron chi connectivity index (χ0n) is 12.7. The monoisotopic (exact) mass is 287 g/mol. The Balaban J connectivity index is 2.40. The predicted octanol–water partition coefficient (Wildman–Crippen LogP) is -0.411. The molecule has 5 nitrogen and oxygen atoms in total. The third kappa shape index (κ3) is 2.91. The number of nitrogens with zero attached hydrogens (tertiary/aromatic N) is 1. The lowest BCUT2D eigenvalue weighted by molar-refractivity contribution is -0.142. The maximum Gasteiger partial charge on any atom is 0.245 e. The number of hydrogen-bond donors (Lipinski definition) is 2. The highest BCUT2D eigenvalue weighted by atomic mass is 16.2. The molecular weight excluding hydrogens is 266 g/mol. The van der Waals surface area contributed by atoms with Crippen molar-refractivity contribution >= 4 is 24.0 Å². The number of hydrogen-bond acceptors (Lipinski definition) is 2. The van der Waals surface area contributed by atoms with Gasteiger partial charge in [0.15, 0.2) is 0 Å². The van der Waals surface area contributed by atoms with E-state index in [0.29, 0.717) is 6.42 Å². The summed E-state index contributed by atoms with van der Waals surface area (Å²) in [5.41, 5.74) is 2.06. The van der Waals surface area contributed by atoms with Gasteiger partial charge in [-0.15, -0.1) is 0 Å². The van der Waals surface area contributed by atoms with E-state index >= 15 is 0 Å². The van der Waals surface area contributed by atoms with Crippen molar-refractivity contribution in [2.75, 3.05) is 13.6 Å². The summed E-state index contributed by atoms with van der Waals surface area (Å²) in [5.74, 6) is -0.165. The number of allylic oxidation sites excluding steroid dienone is 1. The molecule has 1 fully saturated rings. The molecule has 5 heteroatoms. The van der Waals surface area contributed by atoms with Gasteiger partial charge in [-0.05, 0) is 30.7 Å². The van der Waals surface area contributed by atoms with E-state index in [2.05, 4.69) is 16.9 Å². The fourth-order valence-corrected chi connectivity index (χ4v) is 2.75. The highest BCUT2D eigenvalue weighted by Crippen LogP contribution is 2.07. The van der Waals surface area contributed by atoms with E-state index in [4.69, 9.17) is 0 Å². The Bertz CT molecular complexity index is 700. The average molecular weight is 287 g/mol. The van der Waals surface area contributed by atoms with E-state index in [9.17, 15) is 9.59 Å². The Morgan fingerprint density at radius 3 is 2.76 bits per heavy atom. The predicted molar refractivity (Wildman–Crippen MR) is 82.9 cm³/mol. The highest BCUT2D eigenvalue weighted by molar-refractivity contribution is 5.94. The Morgan fingerprint density at radius 1 is 1.43 bits per heavy atom. The number of carbonyl (C=O) groups is 2. The van der Waals surface area contributed by atoms with E-state index in [1.54, 1.807) is 13.1 Å². The van der Waals surface area contributed by atoms with Gasteiger partial charge in [-0.2, -0.15) is 0 Å². The lowest BCUT2D eigenvalue weighted by atomic mass is 10.0. The number of amides is 2. The molecule has 112 valence electrons. The fourth-order valence-electron chi connectivity index (χ4n) is 2.75. The smallest absolute Gasteiger partial charge is 0.245 e. The molecule has 1 aromatic rings. The summed E-state index contributed by atoms with van der Waals surface area (Å²) in [5, 5.41) is 4.81. The lowest BCUT2D eigenvalue weighted by Crippen LogP contribution is -2.57. The minimum atomic E-state index is -0.499. The molecule has 1 saturated heterocycles. The SMILES string of the molecule is C=C/C=c1/[nH]c(C)c(CC2NC(=O)CN(C)C2=O)/c1=C/C. The minimum absolute atomic E-state index is 0.0495. The molecule has 1 atom stereocenters. The van der Waals surface area contributed by atoms with Crippen LogP contribution in [-0.2, 0) is 16.0 Å². The zero-order valence-corrected chi connectivity index (χ0v) is 12.7. The number of aryl methyl sites for hydroxylation is 1. The Hall–Kier alpha value is -2.30. The highest BCUT2D eigenvalue weighted by Gasteiger charge is 2.31. The Labute approximate surface area is 124 Å². The summed E-state index contributed by atoms with van der Waals surface area (Å²) in [4.78, 5) is 28.6. The topological polar surface area (TPSA) is 65.2 Å². The molecule has 0 aliphatic carbocycles. The van der Waals surface area contributed by atoms with E-state index < -0.39 is 6.04 Å². The van der Waals surface area contributed by atoms with Crippen LogP contribution in [0, 0.1) is 6.92 Å². The van der Waals surface area contributed by atoms with E-state index in [1.165, 1.54) is 4.90 Å². The minimum Gasteiger partial charge on any atom is -0.358 e. The average Bonchev–Trinajstić information content (AvgIpc) is 2.71. The summed E-state index contributed by atoms with van der Waals surface area (Å²) >= 11 is 0. The van der Waals surface area contributed by atoms with E-state index in [0.717, 1.165) is 21.8 Å². The molecule has 0 aromatic carbocycles. The molecule has 1 aliphatic heterocycles. The van der Waals surface area contributed by atoms with Crippen LogP contribution < -0.4 is 15.9 Å². The molecule has 1 unspecified atom stereocenters. The third-order valence-corrected chi connectivity index (χ3v) is 3.76.